The zero-order valence-corrected chi connectivity index (χ0v) is 17.6. The van der Waals surface area contributed by atoms with Crippen molar-refractivity contribution in [2.24, 2.45) is 11.3 Å². The fraction of sp³-hybridized carbons (Fsp3) is 0.727. The lowest BCUT2D eigenvalue weighted by Gasteiger charge is -2.48. The van der Waals surface area contributed by atoms with Crippen LogP contribution in [-0.2, 0) is 17.9 Å². The number of nitrogens with zero attached hydrogens (tertiary/aromatic N) is 3. The van der Waals surface area contributed by atoms with E-state index in [0.717, 1.165) is 57.4 Å². The molecule has 2 aliphatic rings. The maximum absolute atomic E-state index is 12.4. The van der Waals surface area contributed by atoms with Crippen molar-refractivity contribution in [2.75, 3.05) is 26.2 Å². The highest BCUT2D eigenvalue weighted by Crippen LogP contribution is 2.40. The molecular weight excluding hydrogens is 354 g/mol. The number of amides is 1. The highest BCUT2D eigenvalue weighted by molar-refractivity contribution is 5.77. The summed E-state index contributed by atoms with van der Waals surface area (Å²) in [5, 5.41) is 20.1. The molecule has 1 amide bonds. The van der Waals surface area contributed by atoms with Crippen molar-refractivity contribution >= 4 is 5.91 Å². The largest absolute Gasteiger partial charge is 0.506 e. The first-order valence-corrected chi connectivity index (χ1v) is 10.6. The summed E-state index contributed by atoms with van der Waals surface area (Å²) >= 11 is 0. The number of carbonyl (C=O) groups excluding carboxylic acids is 1. The number of aliphatic hydroxyl groups is 1. The number of hydrogen-bond acceptors (Lipinski definition) is 5. The minimum absolute atomic E-state index is 0.118. The van der Waals surface area contributed by atoms with Gasteiger partial charge in [0.05, 0.1) is 12.3 Å². The third-order valence-corrected chi connectivity index (χ3v) is 6.45. The van der Waals surface area contributed by atoms with Crippen LogP contribution in [0.2, 0.25) is 0 Å². The highest BCUT2D eigenvalue weighted by atomic mass is 16.3. The molecule has 2 saturated heterocycles. The zero-order valence-electron chi connectivity index (χ0n) is 17.6. The van der Waals surface area contributed by atoms with Gasteiger partial charge in [0.25, 0.3) is 0 Å². The van der Waals surface area contributed by atoms with Gasteiger partial charge in [0.2, 0.25) is 5.91 Å². The van der Waals surface area contributed by atoms with Crippen LogP contribution in [0.3, 0.4) is 0 Å². The van der Waals surface area contributed by atoms with E-state index in [1.54, 1.807) is 13.1 Å². The Morgan fingerprint density at radius 2 is 2.07 bits per heavy atom. The lowest BCUT2D eigenvalue weighted by Crippen LogP contribution is -2.54. The van der Waals surface area contributed by atoms with E-state index in [4.69, 9.17) is 0 Å². The number of likely N-dealkylation sites (tertiary alicyclic amines) is 2. The minimum atomic E-state index is -0.118. The molecule has 1 atom stereocenters. The monoisotopic (exact) mass is 389 g/mol. The molecule has 3 heterocycles. The first kappa shape index (κ1) is 21.1. The summed E-state index contributed by atoms with van der Waals surface area (Å²) in [4.78, 5) is 21.0. The number of aliphatic hydroxyl groups excluding tert-OH is 1. The van der Waals surface area contributed by atoms with Crippen LogP contribution in [0.25, 0.3) is 0 Å². The van der Waals surface area contributed by atoms with Gasteiger partial charge in [0, 0.05) is 55.3 Å². The van der Waals surface area contributed by atoms with Crippen molar-refractivity contribution in [1.29, 1.82) is 0 Å². The van der Waals surface area contributed by atoms with Gasteiger partial charge < -0.3 is 15.1 Å². The van der Waals surface area contributed by atoms with Crippen LogP contribution in [-0.4, -0.2) is 57.1 Å². The average Bonchev–Trinajstić information content (AvgIpc) is 2.67. The molecule has 1 spiro atoms. The maximum Gasteiger partial charge on any atom is 0.222 e. The Morgan fingerprint density at radius 1 is 1.29 bits per heavy atom. The summed E-state index contributed by atoms with van der Waals surface area (Å²) in [6.45, 7) is 10.3. The number of aryl methyl sites for hydroxylation is 1. The third kappa shape index (κ3) is 4.66. The van der Waals surface area contributed by atoms with E-state index in [1.165, 1.54) is 0 Å². The molecule has 2 aliphatic heterocycles. The molecule has 156 valence electrons. The standard InChI is InChI=1S/C22H35N3O3/c1-16(2)6-10-25-15-22(8-5-20(25)27)7-4-9-24(14-22)12-19-18(13-26)11-23-17(3)21(19)28/h11,16,26,28H,4-10,12-15H2,1-3H3. The van der Waals surface area contributed by atoms with Gasteiger partial charge in [0.15, 0.2) is 0 Å². The molecule has 2 N–H and O–H groups in total. The highest BCUT2D eigenvalue weighted by Gasteiger charge is 2.41. The molecule has 0 saturated carbocycles. The van der Waals surface area contributed by atoms with Gasteiger partial charge in [-0.2, -0.15) is 0 Å². The Labute approximate surface area is 168 Å². The molecule has 1 unspecified atom stereocenters. The topological polar surface area (TPSA) is 76.9 Å². The van der Waals surface area contributed by atoms with Gasteiger partial charge in [-0.3, -0.25) is 14.7 Å². The van der Waals surface area contributed by atoms with Gasteiger partial charge in [-0.05, 0) is 45.1 Å². The average molecular weight is 390 g/mol. The number of carbonyl (C=O) groups is 1. The minimum Gasteiger partial charge on any atom is -0.506 e. The molecule has 0 radical (unpaired) electrons. The Balaban J connectivity index is 1.72. The van der Waals surface area contributed by atoms with Gasteiger partial charge in [-0.1, -0.05) is 13.8 Å². The number of hydrogen-bond donors (Lipinski definition) is 2. The van der Waals surface area contributed by atoms with Gasteiger partial charge >= 0.3 is 0 Å². The predicted octanol–water partition coefficient (Wildman–Crippen LogP) is 2.84. The Kier molecular flexibility index (Phi) is 6.61. The van der Waals surface area contributed by atoms with E-state index in [1.807, 2.05) is 0 Å². The van der Waals surface area contributed by atoms with E-state index < -0.39 is 0 Å². The van der Waals surface area contributed by atoms with E-state index >= 15 is 0 Å². The first-order valence-electron chi connectivity index (χ1n) is 10.6. The number of rotatable bonds is 6. The SMILES string of the molecule is Cc1ncc(CO)c(CN2CCCC3(CCC(=O)N(CCC(C)C)C3)C2)c1O. The van der Waals surface area contributed by atoms with Crippen LogP contribution >= 0.6 is 0 Å². The number of aromatic hydroxyl groups is 1. The summed E-state index contributed by atoms with van der Waals surface area (Å²) in [7, 11) is 0. The Bertz CT molecular complexity index is 707. The number of aromatic nitrogens is 1. The van der Waals surface area contributed by atoms with Crippen LogP contribution in [0, 0.1) is 18.3 Å². The molecule has 2 fully saturated rings. The van der Waals surface area contributed by atoms with Crippen LogP contribution in [0.1, 0.15) is 62.8 Å². The smallest absolute Gasteiger partial charge is 0.222 e. The first-order chi connectivity index (χ1) is 13.3. The van der Waals surface area contributed by atoms with Crippen molar-refractivity contribution in [2.45, 2.75) is 66.0 Å². The molecule has 6 nitrogen and oxygen atoms in total. The van der Waals surface area contributed by atoms with Crippen molar-refractivity contribution in [3.05, 3.63) is 23.0 Å². The summed E-state index contributed by atoms with van der Waals surface area (Å²) in [5.74, 6) is 1.10. The van der Waals surface area contributed by atoms with Crippen LogP contribution in [0.4, 0.5) is 0 Å². The molecule has 28 heavy (non-hydrogen) atoms. The molecule has 0 aliphatic carbocycles. The van der Waals surface area contributed by atoms with Crippen LogP contribution in [0.5, 0.6) is 5.75 Å². The van der Waals surface area contributed by atoms with E-state index in [0.29, 0.717) is 36.0 Å². The lowest BCUT2D eigenvalue weighted by molar-refractivity contribution is -0.139. The molecular formula is C22H35N3O3. The summed E-state index contributed by atoms with van der Waals surface area (Å²) in [6.07, 6.45) is 6.57. The second-order valence-electron chi connectivity index (χ2n) is 9.17. The van der Waals surface area contributed by atoms with E-state index in [-0.39, 0.29) is 17.8 Å². The Hall–Kier alpha value is -1.66. The number of piperidine rings is 2. The predicted molar refractivity (Wildman–Crippen MR) is 109 cm³/mol. The third-order valence-electron chi connectivity index (χ3n) is 6.45. The van der Waals surface area contributed by atoms with Crippen molar-refractivity contribution < 1.29 is 15.0 Å². The van der Waals surface area contributed by atoms with Gasteiger partial charge in [-0.15, -0.1) is 0 Å². The fourth-order valence-electron chi connectivity index (χ4n) is 4.72. The lowest BCUT2D eigenvalue weighted by atomic mass is 9.73. The van der Waals surface area contributed by atoms with Crippen molar-refractivity contribution in [3.63, 3.8) is 0 Å². The van der Waals surface area contributed by atoms with Gasteiger partial charge in [0.1, 0.15) is 5.75 Å². The number of pyridine rings is 1. The fourth-order valence-corrected chi connectivity index (χ4v) is 4.72. The second kappa shape index (κ2) is 8.78. The van der Waals surface area contributed by atoms with Crippen LogP contribution < -0.4 is 0 Å². The molecule has 6 heteroatoms. The summed E-state index contributed by atoms with van der Waals surface area (Å²) < 4.78 is 0. The normalized spacial score (nSPS) is 23.8. The van der Waals surface area contributed by atoms with Crippen molar-refractivity contribution in [1.82, 2.24) is 14.8 Å². The maximum atomic E-state index is 12.4. The van der Waals surface area contributed by atoms with Crippen molar-refractivity contribution in [3.8, 4) is 5.75 Å². The van der Waals surface area contributed by atoms with E-state index in [9.17, 15) is 15.0 Å². The molecule has 1 aromatic heterocycles. The summed E-state index contributed by atoms with van der Waals surface area (Å²) in [6, 6.07) is 0. The molecule has 1 aromatic rings. The second-order valence-corrected chi connectivity index (χ2v) is 9.17. The summed E-state index contributed by atoms with van der Waals surface area (Å²) in [5.41, 5.74) is 2.23. The molecule has 3 rings (SSSR count). The molecule has 0 aromatic carbocycles. The van der Waals surface area contributed by atoms with Gasteiger partial charge in [-0.25, -0.2) is 0 Å². The van der Waals surface area contributed by atoms with E-state index in [2.05, 4.69) is 28.6 Å². The quantitative estimate of drug-likeness (QED) is 0.782. The zero-order chi connectivity index (χ0) is 20.3. The van der Waals surface area contributed by atoms with Crippen LogP contribution in [0.15, 0.2) is 6.20 Å². The Morgan fingerprint density at radius 3 is 2.79 bits per heavy atom. The molecule has 0 bridgehead atoms.